The first-order chi connectivity index (χ1) is 22.7. The van der Waals surface area contributed by atoms with Crippen LogP contribution in [0.1, 0.15) is 62.5 Å². The Balaban J connectivity index is 1.07. The number of hydrogen-bond donors (Lipinski definition) is 3. The van der Waals surface area contributed by atoms with Crippen LogP contribution in [0, 0.1) is 12.7 Å². The molecule has 6 rings (SSSR count). The summed E-state index contributed by atoms with van der Waals surface area (Å²) in [5.41, 5.74) is 2.68. The number of aryl methyl sites for hydroxylation is 1. The lowest BCUT2D eigenvalue weighted by atomic mass is 9.98. The topological polar surface area (TPSA) is 117 Å². The highest BCUT2D eigenvalue weighted by Crippen LogP contribution is 2.28. The predicted molar refractivity (Wildman–Crippen MR) is 177 cm³/mol. The van der Waals surface area contributed by atoms with Gasteiger partial charge >= 0.3 is 12.1 Å². The number of urea groups is 2. The molecule has 12 heteroatoms. The lowest BCUT2D eigenvalue weighted by Gasteiger charge is -2.41. The Hall–Kier alpha value is -4.19. The second-order valence-electron chi connectivity index (χ2n) is 13.3. The summed E-state index contributed by atoms with van der Waals surface area (Å²) in [6, 6.07) is 10.7. The van der Waals surface area contributed by atoms with Crippen LogP contribution in [-0.4, -0.2) is 101 Å². The van der Waals surface area contributed by atoms with Crippen LogP contribution in [-0.2, 0) is 16.1 Å². The number of nitrogens with zero attached hydrogens (tertiary/aromatic N) is 4. The summed E-state index contributed by atoms with van der Waals surface area (Å²) in [5, 5.41) is 8.43. The Morgan fingerprint density at radius 1 is 0.894 bits per heavy atom. The van der Waals surface area contributed by atoms with Crippen LogP contribution in [0.3, 0.4) is 0 Å². The standard InChI is InChI=1S/C35H46FN7O4/c1-24-21-26(9-10-29(24)36)37-34(46)38-31(33(45)42-19-11-27(12-20-42)40-15-5-2-6-16-40)22-32(44)41-17-13-28(14-18-41)43-23-25-7-3-4-8-30(25)39-35(43)47/h3-4,7-10,21,27-28,31H,2,5-6,11-20,22-23H2,1H3,(H,39,47)(H2,37,38,46)/t31-/m0/s1. The van der Waals surface area contributed by atoms with Crippen LogP contribution >= 0.6 is 0 Å². The Morgan fingerprint density at radius 3 is 2.30 bits per heavy atom. The van der Waals surface area contributed by atoms with Crippen molar-refractivity contribution in [1.82, 2.24) is 24.9 Å². The summed E-state index contributed by atoms with van der Waals surface area (Å²) < 4.78 is 13.8. The van der Waals surface area contributed by atoms with E-state index in [1.54, 1.807) is 16.7 Å². The maximum atomic E-state index is 13.9. The van der Waals surface area contributed by atoms with Crippen molar-refractivity contribution < 1.29 is 23.6 Å². The van der Waals surface area contributed by atoms with Gasteiger partial charge in [-0.15, -0.1) is 0 Å². The summed E-state index contributed by atoms with van der Waals surface area (Å²) >= 11 is 0. The largest absolute Gasteiger partial charge is 0.342 e. The molecule has 0 unspecified atom stereocenters. The smallest absolute Gasteiger partial charge is 0.322 e. The number of nitrogens with one attached hydrogen (secondary N) is 3. The van der Waals surface area contributed by atoms with E-state index < -0.39 is 12.1 Å². The summed E-state index contributed by atoms with van der Waals surface area (Å²) in [6.45, 7) is 6.42. The molecule has 3 fully saturated rings. The number of fused-ring (bicyclic) bond motifs is 1. The van der Waals surface area contributed by atoms with Crippen molar-refractivity contribution in [3.63, 3.8) is 0 Å². The number of rotatable bonds is 7. The molecule has 0 radical (unpaired) electrons. The van der Waals surface area contributed by atoms with E-state index >= 15 is 0 Å². The minimum Gasteiger partial charge on any atom is -0.342 e. The van der Waals surface area contributed by atoms with Crippen LogP contribution in [0.25, 0.3) is 0 Å². The maximum Gasteiger partial charge on any atom is 0.322 e. The number of likely N-dealkylation sites (tertiary alicyclic amines) is 3. The van der Waals surface area contributed by atoms with Crippen LogP contribution < -0.4 is 16.0 Å². The number of anilines is 2. The number of halogens is 1. The molecular formula is C35H46FN7O4. The first-order valence-electron chi connectivity index (χ1n) is 17.0. The molecule has 4 aliphatic heterocycles. The average molecular weight is 648 g/mol. The van der Waals surface area contributed by atoms with Gasteiger partial charge in [0.1, 0.15) is 11.9 Å². The van der Waals surface area contributed by atoms with E-state index in [1.807, 2.05) is 29.2 Å². The third-order valence-corrected chi connectivity index (χ3v) is 10.2. The molecule has 0 aromatic heterocycles. The van der Waals surface area contributed by atoms with E-state index in [2.05, 4.69) is 20.9 Å². The fraction of sp³-hybridized carbons (Fsp3) is 0.543. The van der Waals surface area contributed by atoms with Gasteiger partial charge in [0.05, 0.1) is 6.42 Å². The fourth-order valence-electron chi connectivity index (χ4n) is 7.45. The zero-order valence-electron chi connectivity index (χ0n) is 27.2. The molecule has 3 saturated heterocycles. The van der Waals surface area contributed by atoms with Crippen molar-refractivity contribution >= 4 is 35.3 Å². The normalized spacial score (nSPS) is 20.3. The van der Waals surface area contributed by atoms with Gasteiger partial charge in [0.15, 0.2) is 0 Å². The van der Waals surface area contributed by atoms with Gasteiger partial charge in [-0.25, -0.2) is 14.0 Å². The minimum atomic E-state index is -1.04. The maximum absolute atomic E-state index is 13.9. The SMILES string of the molecule is Cc1cc(NC(=O)N[C@@H](CC(=O)N2CCC(N3Cc4ccccc4NC3=O)CC2)C(=O)N2CCC(N3CCCCC3)CC2)ccc1F. The number of carbonyl (C=O) groups is 4. The van der Waals surface area contributed by atoms with E-state index in [0.29, 0.717) is 62.9 Å². The van der Waals surface area contributed by atoms with Gasteiger partial charge in [-0.3, -0.25) is 9.59 Å². The Labute approximate surface area is 275 Å². The van der Waals surface area contributed by atoms with E-state index in [-0.39, 0.29) is 36.1 Å². The number of amides is 6. The zero-order valence-corrected chi connectivity index (χ0v) is 27.2. The van der Waals surface area contributed by atoms with Crippen LogP contribution in [0.15, 0.2) is 42.5 Å². The van der Waals surface area contributed by atoms with Gasteiger partial charge in [0.25, 0.3) is 0 Å². The van der Waals surface area contributed by atoms with Crippen molar-refractivity contribution in [1.29, 1.82) is 0 Å². The molecule has 47 heavy (non-hydrogen) atoms. The van der Waals surface area contributed by atoms with E-state index in [9.17, 15) is 23.6 Å². The molecule has 11 nitrogen and oxygen atoms in total. The number of carbonyl (C=O) groups excluding carboxylic acids is 4. The highest BCUT2D eigenvalue weighted by Gasteiger charge is 2.36. The molecule has 6 amide bonds. The van der Waals surface area contributed by atoms with E-state index in [4.69, 9.17) is 0 Å². The first kappa shape index (κ1) is 32.7. The van der Waals surface area contributed by atoms with Crippen LogP contribution in [0.5, 0.6) is 0 Å². The summed E-state index contributed by atoms with van der Waals surface area (Å²) in [5.74, 6) is -0.854. The number of para-hydroxylation sites is 1. The average Bonchev–Trinajstić information content (AvgIpc) is 3.09. The summed E-state index contributed by atoms with van der Waals surface area (Å²) in [7, 11) is 0. The molecule has 1 atom stereocenters. The Kier molecular flexibility index (Phi) is 10.2. The number of benzene rings is 2. The van der Waals surface area contributed by atoms with Crippen molar-refractivity contribution in [3.8, 4) is 0 Å². The zero-order chi connectivity index (χ0) is 32.9. The highest BCUT2D eigenvalue weighted by molar-refractivity contribution is 5.96. The third kappa shape index (κ3) is 7.86. The van der Waals surface area contributed by atoms with E-state index in [0.717, 1.165) is 37.2 Å². The predicted octanol–water partition coefficient (Wildman–Crippen LogP) is 4.53. The summed E-state index contributed by atoms with van der Waals surface area (Å²) in [6.07, 6.45) is 6.53. The lowest BCUT2D eigenvalue weighted by molar-refractivity contribution is -0.140. The molecule has 2 aromatic carbocycles. The van der Waals surface area contributed by atoms with Crippen molar-refractivity contribution in [3.05, 3.63) is 59.4 Å². The van der Waals surface area contributed by atoms with E-state index in [1.165, 1.54) is 37.5 Å². The fourth-order valence-corrected chi connectivity index (χ4v) is 7.45. The molecule has 0 bridgehead atoms. The van der Waals surface area contributed by atoms with Crippen molar-refractivity contribution in [2.24, 2.45) is 0 Å². The minimum absolute atomic E-state index is 0.00546. The molecule has 0 saturated carbocycles. The van der Waals surface area contributed by atoms with Gasteiger partial charge in [0.2, 0.25) is 11.8 Å². The number of hydrogen-bond acceptors (Lipinski definition) is 5. The van der Waals surface area contributed by atoms with Gasteiger partial charge in [-0.05, 0) is 93.9 Å². The van der Waals surface area contributed by atoms with Gasteiger partial charge in [-0.1, -0.05) is 24.6 Å². The second-order valence-corrected chi connectivity index (χ2v) is 13.3. The molecule has 4 aliphatic rings. The molecule has 2 aromatic rings. The summed E-state index contributed by atoms with van der Waals surface area (Å²) in [4.78, 5) is 61.3. The van der Waals surface area contributed by atoms with Gasteiger partial charge in [-0.2, -0.15) is 0 Å². The Morgan fingerprint density at radius 2 is 1.57 bits per heavy atom. The lowest BCUT2D eigenvalue weighted by Crippen LogP contribution is -2.56. The van der Waals surface area contributed by atoms with Gasteiger partial charge < -0.3 is 35.6 Å². The molecular weight excluding hydrogens is 601 g/mol. The van der Waals surface area contributed by atoms with Crippen molar-refractivity contribution in [2.75, 3.05) is 49.9 Å². The molecule has 3 N–H and O–H groups in total. The second kappa shape index (κ2) is 14.7. The molecule has 4 heterocycles. The first-order valence-corrected chi connectivity index (χ1v) is 17.0. The molecule has 252 valence electrons. The Bertz CT molecular complexity index is 1470. The monoisotopic (exact) mass is 647 g/mol. The quantitative estimate of drug-likeness (QED) is 0.409. The van der Waals surface area contributed by atoms with Crippen LogP contribution in [0.2, 0.25) is 0 Å². The number of piperidine rings is 3. The van der Waals surface area contributed by atoms with Gasteiger partial charge in [0, 0.05) is 56.2 Å². The van der Waals surface area contributed by atoms with Crippen molar-refractivity contribution in [2.45, 2.75) is 83.0 Å². The third-order valence-electron chi connectivity index (χ3n) is 10.2. The molecule has 0 aliphatic carbocycles. The molecule has 0 spiro atoms. The highest BCUT2D eigenvalue weighted by atomic mass is 19.1. The van der Waals surface area contributed by atoms with Crippen LogP contribution in [0.4, 0.5) is 25.4 Å².